The number of hydrogen-bond donors (Lipinski definition) is 0. The van der Waals surface area contributed by atoms with Gasteiger partial charge in [-0.25, -0.2) is 4.79 Å². The second kappa shape index (κ2) is 9.22. The second-order valence-electron chi connectivity index (χ2n) is 5.21. The number of hydrogen-bond acceptors (Lipinski definition) is 6. The molecule has 0 spiro atoms. The van der Waals surface area contributed by atoms with E-state index in [4.69, 9.17) is 23.5 Å². The van der Waals surface area contributed by atoms with E-state index in [1.54, 1.807) is 19.3 Å². The SMILES string of the molecule is C=C/C(=C\C=NC)N1CCN(Cc2sc(C(=O)OCl)cc2Cl)CC1. The van der Waals surface area contributed by atoms with Crippen LogP contribution in [0.15, 0.2) is 35.5 Å². The molecule has 1 saturated heterocycles. The van der Waals surface area contributed by atoms with Gasteiger partial charge in [0, 0.05) is 56.6 Å². The van der Waals surface area contributed by atoms with Gasteiger partial charge in [0.05, 0.1) is 5.02 Å². The minimum atomic E-state index is -0.571. The highest BCUT2D eigenvalue weighted by molar-refractivity contribution is 7.14. The van der Waals surface area contributed by atoms with Gasteiger partial charge in [-0.1, -0.05) is 18.2 Å². The van der Waals surface area contributed by atoms with E-state index < -0.39 is 5.97 Å². The molecule has 24 heavy (non-hydrogen) atoms. The van der Waals surface area contributed by atoms with E-state index in [-0.39, 0.29) is 0 Å². The Labute approximate surface area is 156 Å². The van der Waals surface area contributed by atoms with E-state index >= 15 is 0 Å². The van der Waals surface area contributed by atoms with Gasteiger partial charge in [-0.2, -0.15) is 0 Å². The molecule has 1 fully saturated rings. The number of piperazine rings is 1. The van der Waals surface area contributed by atoms with Crippen molar-refractivity contribution in [3.8, 4) is 0 Å². The Morgan fingerprint density at radius 1 is 1.46 bits per heavy atom. The smallest absolute Gasteiger partial charge is 0.366 e. The lowest BCUT2D eigenvalue weighted by Crippen LogP contribution is -2.45. The molecule has 2 rings (SSSR count). The lowest BCUT2D eigenvalue weighted by atomic mass is 10.2. The zero-order valence-electron chi connectivity index (χ0n) is 13.4. The van der Waals surface area contributed by atoms with Gasteiger partial charge >= 0.3 is 5.97 Å². The standard InChI is InChI=1S/C16H19Cl2N3O2S/c1-3-12(4-5-19-2)21-8-6-20(7-9-21)11-15-13(17)10-14(24-15)16(22)23-18/h3-5,10H,1,6-9,11H2,2H3/b12-4+,19-5?. The fourth-order valence-electron chi connectivity index (χ4n) is 2.47. The van der Waals surface area contributed by atoms with Gasteiger partial charge in [0.1, 0.15) is 16.7 Å². The molecule has 0 bridgehead atoms. The zero-order chi connectivity index (χ0) is 17.5. The van der Waals surface area contributed by atoms with E-state index in [2.05, 4.69) is 25.7 Å². The van der Waals surface area contributed by atoms with Crippen LogP contribution in [0.4, 0.5) is 0 Å². The van der Waals surface area contributed by atoms with Gasteiger partial charge in [0.15, 0.2) is 0 Å². The molecule has 1 aromatic heterocycles. The molecule has 1 aliphatic heterocycles. The van der Waals surface area contributed by atoms with Crippen molar-refractivity contribution in [1.82, 2.24) is 9.80 Å². The molecular weight excluding hydrogens is 369 g/mol. The zero-order valence-corrected chi connectivity index (χ0v) is 15.7. The van der Waals surface area contributed by atoms with Crippen LogP contribution in [0.25, 0.3) is 0 Å². The Morgan fingerprint density at radius 2 is 2.17 bits per heavy atom. The number of rotatable bonds is 6. The third-order valence-electron chi connectivity index (χ3n) is 3.74. The van der Waals surface area contributed by atoms with Crippen molar-refractivity contribution >= 4 is 47.0 Å². The van der Waals surface area contributed by atoms with Crippen molar-refractivity contribution in [2.45, 2.75) is 6.54 Å². The van der Waals surface area contributed by atoms with Crippen LogP contribution >= 0.6 is 34.8 Å². The van der Waals surface area contributed by atoms with Crippen molar-refractivity contribution in [3.05, 3.63) is 45.3 Å². The van der Waals surface area contributed by atoms with E-state index in [9.17, 15) is 4.79 Å². The topological polar surface area (TPSA) is 45.1 Å². The summed E-state index contributed by atoms with van der Waals surface area (Å²) in [4.78, 5) is 21.4. The molecule has 0 N–H and O–H groups in total. The molecule has 5 nitrogen and oxygen atoms in total. The largest absolute Gasteiger partial charge is 0.369 e. The Bertz CT molecular complexity index is 650. The first-order valence-corrected chi connectivity index (χ1v) is 8.92. The van der Waals surface area contributed by atoms with Crippen molar-refractivity contribution in [3.63, 3.8) is 0 Å². The predicted molar refractivity (Wildman–Crippen MR) is 100 cm³/mol. The summed E-state index contributed by atoms with van der Waals surface area (Å²) in [6.07, 6.45) is 5.58. The highest BCUT2D eigenvalue weighted by Gasteiger charge is 2.21. The van der Waals surface area contributed by atoms with Crippen molar-refractivity contribution < 1.29 is 9.08 Å². The summed E-state index contributed by atoms with van der Waals surface area (Å²) in [6, 6.07) is 1.60. The summed E-state index contributed by atoms with van der Waals surface area (Å²) in [7, 11) is 1.74. The summed E-state index contributed by atoms with van der Waals surface area (Å²) >= 11 is 12.6. The van der Waals surface area contributed by atoms with Crippen molar-refractivity contribution in [2.24, 2.45) is 4.99 Å². The lowest BCUT2D eigenvalue weighted by molar-refractivity contribution is 0.0756. The predicted octanol–water partition coefficient (Wildman–Crippen LogP) is 3.60. The van der Waals surface area contributed by atoms with E-state index in [1.165, 1.54) is 11.3 Å². The molecule has 8 heteroatoms. The molecule has 0 aromatic carbocycles. The van der Waals surface area contributed by atoms with Gasteiger partial charge in [0.2, 0.25) is 0 Å². The summed E-state index contributed by atoms with van der Waals surface area (Å²) in [5, 5.41) is 0.574. The van der Waals surface area contributed by atoms with Crippen molar-refractivity contribution in [2.75, 3.05) is 33.2 Å². The minimum absolute atomic E-state index is 0.416. The summed E-state index contributed by atoms with van der Waals surface area (Å²) < 4.78 is 4.22. The number of carbonyl (C=O) groups excluding carboxylic acids is 1. The minimum Gasteiger partial charge on any atom is -0.369 e. The number of carbonyl (C=O) groups is 1. The molecule has 130 valence electrons. The fraction of sp³-hybridized carbons (Fsp3) is 0.375. The quantitative estimate of drug-likeness (QED) is 0.552. The summed E-state index contributed by atoms with van der Waals surface area (Å²) in [6.45, 7) is 8.16. The van der Waals surface area contributed by atoms with Crippen LogP contribution in [0.3, 0.4) is 0 Å². The fourth-order valence-corrected chi connectivity index (χ4v) is 3.92. The number of halogens is 2. The molecule has 0 atom stereocenters. The van der Waals surface area contributed by atoms with Crippen LogP contribution in [-0.4, -0.2) is 55.2 Å². The van der Waals surface area contributed by atoms with Crippen LogP contribution in [0.2, 0.25) is 5.02 Å². The van der Waals surface area contributed by atoms with Crippen LogP contribution in [-0.2, 0) is 10.8 Å². The van der Waals surface area contributed by atoms with Gasteiger partial charge in [-0.15, -0.1) is 11.3 Å². The van der Waals surface area contributed by atoms with Crippen LogP contribution < -0.4 is 0 Å². The van der Waals surface area contributed by atoms with Crippen molar-refractivity contribution in [1.29, 1.82) is 0 Å². The van der Waals surface area contributed by atoms with Gasteiger partial charge in [-0.3, -0.25) is 9.89 Å². The third-order valence-corrected chi connectivity index (χ3v) is 5.43. The van der Waals surface area contributed by atoms with Gasteiger partial charge < -0.3 is 9.19 Å². The summed E-state index contributed by atoms with van der Waals surface area (Å²) in [5.74, 6) is -0.571. The molecular formula is C16H19Cl2N3O2S. The average molecular weight is 388 g/mol. The summed E-state index contributed by atoms with van der Waals surface area (Å²) in [5.41, 5.74) is 1.07. The van der Waals surface area contributed by atoms with Crippen LogP contribution in [0.1, 0.15) is 14.5 Å². The molecule has 2 heterocycles. The first-order chi connectivity index (χ1) is 11.6. The monoisotopic (exact) mass is 387 g/mol. The number of allylic oxidation sites excluding steroid dienone is 2. The maximum atomic E-state index is 11.5. The molecule has 1 aromatic rings. The maximum Gasteiger partial charge on any atom is 0.366 e. The Morgan fingerprint density at radius 3 is 2.75 bits per heavy atom. The Balaban J connectivity index is 1.95. The number of nitrogens with zero attached hydrogens (tertiary/aromatic N) is 3. The van der Waals surface area contributed by atoms with E-state index in [0.717, 1.165) is 36.8 Å². The van der Waals surface area contributed by atoms with Crippen LogP contribution in [0.5, 0.6) is 0 Å². The molecule has 0 radical (unpaired) electrons. The molecule has 0 unspecified atom stereocenters. The molecule has 0 aliphatic carbocycles. The van der Waals surface area contributed by atoms with E-state index in [1.807, 2.05) is 12.2 Å². The lowest BCUT2D eigenvalue weighted by Gasteiger charge is -2.36. The number of thiophene rings is 1. The highest BCUT2D eigenvalue weighted by Crippen LogP contribution is 2.29. The maximum absolute atomic E-state index is 11.5. The van der Waals surface area contributed by atoms with Crippen LogP contribution in [0, 0.1) is 0 Å². The highest BCUT2D eigenvalue weighted by atomic mass is 35.5. The Hall–Kier alpha value is -1.34. The molecule has 0 saturated carbocycles. The molecule has 1 aliphatic rings. The third kappa shape index (κ3) is 4.83. The first-order valence-electron chi connectivity index (χ1n) is 7.42. The average Bonchev–Trinajstić information content (AvgIpc) is 2.97. The Kier molecular flexibility index (Phi) is 7.30. The molecule has 0 amide bonds. The van der Waals surface area contributed by atoms with Gasteiger partial charge in [0.25, 0.3) is 0 Å². The van der Waals surface area contributed by atoms with E-state index in [0.29, 0.717) is 16.4 Å². The van der Waals surface area contributed by atoms with Gasteiger partial charge in [-0.05, 0) is 18.2 Å². The first kappa shape index (κ1) is 19.0. The normalized spacial score (nSPS) is 16.6. The second-order valence-corrected chi connectivity index (χ2v) is 6.91. The number of aliphatic imine (C=N–C) groups is 1.